The van der Waals surface area contributed by atoms with Crippen molar-refractivity contribution >= 4 is 11.9 Å². The number of hydrogen-bond acceptors (Lipinski definition) is 8. The number of rotatable bonds is 2. The zero-order chi connectivity index (χ0) is 21.1. The molecular weight excluding hydrogens is 360 g/mol. The first-order valence-corrected chi connectivity index (χ1v) is 7.51. The number of nitrogens with zero attached hydrogens (tertiary/aromatic N) is 4. The van der Waals surface area contributed by atoms with Crippen LogP contribution in [0.4, 0.5) is 0 Å². The van der Waals surface area contributed by atoms with Gasteiger partial charge in [-0.25, -0.2) is 9.59 Å². The zero-order valence-corrected chi connectivity index (χ0v) is 14.9. The van der Waals surface area contributed by atoms with E-state index in [0.717, 1.165) is 0 Å². The van der Waals surface area contributed by atoms with Gasteiger partial charge in [0.15, 0.2) is 0 Å². The summed E-state index contributed by atoms with van der Waals surface area (Å²) in [6.07, 6.45) is 0. The third-order valence-corrected chi connectivity index (χ3v) is 3.40. The summed E-state index contributed by atoms with van der Waals surface area (Å²) < 4.78 is 9.02. The van der Waals surface area contributed by atoms with Crippen molar-refractivity contribution in [1.82, 2.24) is 0 Å². The maximum atomic E-state index is 11.0. The summed E-state index contributed by atoms with van der Waals surface area (Å²) in [5.41, 5.74) is 0.967. The van der Waals surface area contributed by atoms with E-state index in [2.05, 4.69) is 9.47 Å². The second kappa shape index (κ2) is 10.4. The van der Waals surface area contributed by atoms with E-state index in [1.54, 1.807) is 24.3 Å². The van der Waals surface area contributed by atoms with Gasteiger partial charge in [-0.3, -0.25) is 0 Å². The lowest BCUT2D eigenvalue weighted by Gasteiger charge is -2.00. The minimum absolute atomic E-state index is 0.0333. The maximum absolute atomic E-state index is 11.0. The Morgan fingerprint density at radius 3 is 1.18 bits per heavy atom. The SMILES string of the molecule is COC(=O)c1ccc(C(=O)OC)cc1.N#Cc1ccc(C#N)c(C#N)c1C#N. The number of carbonyl (C=O) groups is 2. The van der Waals surface area contributed by atoms with Gasteiger partial charge < -0.3 is 9.47 Å². The molecule has 0 spiro atoms. The number of methoxy groups -OCH3 is 2. The molecule has 0 N–H and O–H groups in total. The highest BCUT2D eigenvalue weighted by molar-refractivity contribution is 5.93. The largest absolute Gasteiger partial charge is 0.465 e. The molecule has 0 aliphatic rings. The lowest BCUT2D eigenvalue weighted by Crippen LogP contribution is -2.04. The van der Waals surface area contributed by atoms with Crippen molar-refractivity contribution in [2.45, 2.75) is 0 Å². The van der Waals surface area contributed by atoms with Crippen molar-refractivity contribution in [1.29, 1.82) is 21.0 Å². The second-order valence-electron chi connectivity index (χ2n) is 4.92. The lowest BCUT2D eigenvalue weighted by atomic mass is 9.99. The summed E-state index contributed by atoms with van der Waals surface area (Å²) >= 11 is 0. The topological polar surface area (TPSA) is 148 Å². The maximum Gasteiger partial charge on any atom is 0.337 e. The molecule has 0 saturated carbocycles. The summed E-state index contributed by atoms with van der Waals surface area (Å²) in [6.45, 7) is 0. The summed E-state index contributed by atoms with van der Waals surface area (Å²) in [4.78, 5) is 22.1. The van der Waals surface area contributed by atoms with E-state index in [1.807, 2.05) is 0 Å². The van der Waals surface area contributed by atoms with Crippen LogP contribution in [0.5, 0.6) is 0 Å². The molecule has 0 amide bonds. The first kappa shape index (κ1) is 21.4. The van der Waals surface area contributed by atoms with Gasteiger partial charge in [0.25, 0.3) is 0 Å². The monoisotopic (exact) mass is 372 g/mol. The van der Waals surface area contributed by atoms with E-state index in [4.69, 9.17) is 21.0 Å². The predicted molar refractivity (Wildman–Crippen MR) is 94.4 cm³/mol. The molecule has 2 rings (SSSR count). The molecule has 0 aliphatic carbocycles. The van der Waals surface area contributed by atoms with Crippen LogP contribution in [-0.2, 0) is 9.47 Å². The molecule has 8 heteroatoms. The van der Waals surface area contributed by atoms with E-state index >= 15 is 0 Å². The van der Waals surface area contributed by atoms with Gasteiger partial charge in [0.05, 0.1) is 47.6 Å². The standard InChI is InChI=1S/C10H2N4.C10H10O4/c11-3-7-1-2-8(4-12)10(6-14)9(7)5-13;1-13-9(11)7-3-5-8(6-4-7)10(12)14-2/h1-2H;3-6H,1-2H3. The van der Waals surface area contributed by atoms with Crippen molar-refractivity contribution in [2.24, 2.45) is 0 Å². The van der Waals surface area contributed by atoms with Crippen molar-refractivity contribution in [3.63, 3.8) is 0 Å². The van der Waals surface area contributed by atoms with Crippen LogP contribution in [0.1, 0.15) is 43.0 Å². The Hall–Kier alpha value is -4.66. The Kier molecular flexibility index (Phi) is 7.91. The Morgan fingerprint density at radius 1 is 0.643 bits per heavy atom. The Labute approximate surface area is 161 Å². The molecule has 2 aromatic rings. The van der Waals surface area contributed by atoms with E-state index in [0.29, 0.717) is 11.1 Å². The molecule has 0 radical (unpaired) electrons. The van der Waals surface area contributed by atoms with Gasteiger partial charge in [0.2, 0.25) is 0 Å². The average Bonchev–Trinajstić information content (AvgIpc) is 2.77. The highest BCUT2D eigenvalue weighted by Crippen LogP contribution is 2.16. The number of hydrogen-bond donors (Lipinski definition) is 0. The van der Waals surface area contributed by atoms with Gasteiger partial charge in [0.1, 0.15) is 24.3 Å². The molecule has 0 atom stereocenters. The van der Waals surface area contributed by atoms with E-state index in [-0.39, 0.29) is 22.3 Å². The zero-order valence-electron chi connectivity index (χ0n) is 14.9. The fourth-order valence-corrected chi connectivity index (χ4v) is 2.00. The quantitative estimate of drug-likeness (QED) is 0.730. The van der Waals surface area contributed by atoms with Gasteiger partial charge in [-0.15, -0.1) is 0 Å². The van der Waals surface area contributed by atoms with Crippen molar-refractivity contribution in [3.8, 4) is 24.3 Å². The number of nitriles is 4. The van der Waals surface area contributed by atoms with Crippen LogP contribution in [0.2, 0.25) is 0 Å². The van der Waals surface area contributed by atoms with Crippen LogP contribution in [0.25, 0.3) is 0 Å². The molecule has 0 heterocycles. The van der Waals surface area contributed by atoms with Crippen LogP contribution < -0.4 is 0 Å². The third kappa shape index (κ3) is 4.92. The molecule has 0 aromatic heterocycles. The van der Waals surface area contributed by atoms with Crippen molar-refractivity contribution in [2.75, 3.05) is 14.2 Å². The highest BCUT2D eigenvalue weighted by Gasteiger charge is 2.12. The summed E-state index contributed by atoms with van der Waals surface area (Å²) in [7, 11) is 2.60. The summed E-state index contributed by atoms with van der Waals surface area (Å²) in [5.74, 6) is -0.858. The molecule has 0 bridgehead atoms. The first-order chi connectivity index (χ1) is 13.5. The van der Waals surface area contributed by atoms with Crippen LogP contribution in [-0.4, -0.2) is 26.2 Å². The molecule has 2 aromatic carbocycles. The Balaban J connectivity index is 0.000000280. The normalized spacial score (nSPS) is 8.50. The van der Waals surface area contributed by atoms with Gasteiger partial charge in [-0.05, 0) is 36.4 Å². The van der Waals surface area contributed by atoms with Crippen LogP contribution in [0, 0.1) is 45.3 Å². The molecule has 0 saturated heterocycles. The van der Waals surface area contributed by atoms with Crippen molar-refractivity contribution < 1.29 is 19.1 Å². The number of benzene rings is 2. The van der Waals surface area contributed by atoms with Crippen molar-refractivity contribution in [3.05, 3.63) is 69.8 Å². The molecule has 28 heavy (non-hydrogen) atoms. The predicted octanol–water partition coefficient (Wildman–Crippen LogP) is 2.43. The minimum Gasteiger partial charge on any atom is -0.465 e. The van der Waals surface area contributed by atoms with Crippen LogP contribution in [0.3, 0.4) is 0 Å². The van der Waals surface area contributed by atoms with E-state index in [9.17, 15) is 9.59 Å². The lowest BCUT2D eigenvalue weighted by molar-refractivity contribution is 0.0586. The van der Waals surface area contributed by atoms with E-state index < -0.39 is 11.9 Å². The van der Waals surface area contributed by atoms with Gasteiger partial charge in [0, 0.05) is 0 Å². The van der Waals surface area contributed by atoms with Gasteiger partial charge in [-0.2, -0.15) is 21.0 Å². The van der Waals surface area contributed by atoms with Crippen LogP contribution in [0.15, 0.2) is 36.4 Å². The van der Waals surface area contributed by atoms with E-state index in [1.165, 1.54) is 50.6 Å². The van der Waals surface area contributed by atoms with Gasteiger partial charge >= 0.3 is 11.9 Å². The number of ether oxygens (including phenoxy) is 2. The smallest absolute Gasteiger partial charge is 0.337 e. The fraction of sp³-hybridized carbons (Fsp3) is 0.100. The highest BCUT2D eigenvalue weighted by atomic mass is 16.5. The Morgan fingerprint density at radius 2 is 0.964 bits per heavy atom. The molecular formula is C20H12N4O4. The molecule has 0 fully saturated rings. The summed E-state index contributed by atoms with van der Waals surface area (Å²) in [6, 6.07) is 15.8. The van der Waals surface area contributed by atoms with Gasteiger partial charge in [-0.1, -0.05) is 0 Å². The molecule has 136 valence electrons. The first-order valence-electron chi connectivity index (χ1n) is 7.51. The molecule has 0 unspecified atom stereocenters. The average molecular weight is 372 g/mol. The van der Waals surface area contributed by atoms with Crippen LogP contribution >= 0.6 is 0 Å². The fourth-order valence-electron chi connectivity index (χ4n) is 2.00. The molecule has 0 aliphatic heterocycles. The third-order valence-electron chi connectivity index (χ3n) is 3.40. The molecule has 8 nitrogen and oxygen atoms in total. The number of esters is 2. The second-order valence-corrected chi connectivity index (χ2v) is 4.92. The Bertz CT molecular complexity index is 976. The number of carbonyl (C=O) groups excluding carboxylic acids is 2. The summed E-state index contributed by atoms with van der Waals surface area (Å²) in [5, 5.41) is 34.7. The minimum atomic E-state index is -0.429.